The van der Waals surface area contributed by atoms with Crippen molar-refractivity contribution in [1.29, 1.82) is 0 Å². The van der Waals surface area contributed by atoms with E-state index in [9.17, 15) is 4.79 Å². The van der Waals surface area contributed by atoms with Crippen LogP contribution in [0.5, 0.6) is 0 Å². The molecule has 1 aromatic rings. The Balaban J connectivity index is 1.81. The number of carbonyl (C=O) groups excluding carboxylic acids is 1. The maximum absolute atomic E-state index is 12.2. The first-order valence-electron chi connectivity index (χ1n) is 7.75. The summed E-state index contributed by atoms with van der Waals surface area (Å²) in [6.07, 6.45) is 6.48. The van der Waals surface area contributed by atoms with Crippen molar-refractivity contribution in [1.82, 2.24) is 5.32 Å². The van der Waals surface area contributed by atoms with E-state index in [1.54, 1.807) is 0 Å². The van der Waals surface area contributed by atoms with E-state index < -0.39 is 6.04 Å². The van der Waals surface area contributed by atoms with Gasteiger partial charge in [-0.2, -0.15) is 0 Å². The molecule has 0 aromatic heterocycles. The predicted molar refractivity (Wildman–Crippen MR) is 82.3 cm³/mol. The molecule has 110 valence electrons. The second-order valence-electron chi connectivity index (χ2n) is 6.12. The average molecular weight is 274 g/mol. The van der Waals surface area contributed by atoms with Crippen LogP contribution >= 0.6 is 0 Å². The van der Waals surface area contributed by atoms with Crippen LogP contribution in [-0.2, 0) is 11.2 Å². The lowest BCUT2D eigenvalue weighted by atomic mass is 10.0. The summed E-state index contributed by atoms with van der Waals surface area (Å²) >= 11 is 0. The largest absolute Gasteiger partial charge is 0.352 e. The third-order valence-electron chi connectivity index (χ3n) is 4.24. The SMILES string of the molecule is CC1CCCC(NC(=O)[C@@H](N)Cc2ccccc2)CC1. The van der Waals surface area contributed by atoms with Crippen LogP contribution in [0.1, 0.15) is 44.6 Å². The van der Waals surface area contributed by atoms with Crippen LogP contribution in [0.15, 0.2) is 30.3 Å². The fourth-order valence-electron chi connectivity index (χ4n) is 2.90. The lowest BCUT2D eigenvalue weighted by molar-refractivity contribution is -0.123. The second kappa shape index (κ2) is 7.44. The van der Waals surface area contributed by atoms with E-state index in [0.717, 1.165) is 24.3 Å². The van der Waals surface area contributed by atoms with Gasteiger partial charge in [0, 0.05) is 6.04 Å². The molecular weight excluding hydrogens is 248 g/mol. The molecule has 2 unspecified atom stereocenters. The molecule has 0 aliphatic heterocycles. The van der Waals surface area contributed by atoms with E-state index in [4.69, 9.17) is 5.73 Å². The molecule has 1 saturated carbocycles. The number of benzene rings is 1. The molecule has 3 nitrogen and oxygen atoms in total. The molecule has 2 rings (SSSR count). The van der Waals surface area contributed by atoms with Crippen LogP contribution in [0.2, 0.25) is 0 Å². The van der Waals surface area contributed by atoms with Crippen LogP contribution in [0.3, 0.4) is 0 Å². The second-order valence-corrected chi connectivity index (χ2v) is 6.12. The summed E-state index contributed by atoms with van der Waals surface area (Å²) in [5.41, 5.74) is 7.14. The highest BCUT2D eigenvalue weighted by Gasteiger charge is 2.21. The summed E-state index contributed by atoms with van der Waals surface area (Å²) in [5.74, 6) is 0.781. The highest BCUT2D eigenvalue weighted by molar-refractivity contribution is 5.82. The van der Waals surface area contributed by atoms with Gasteiger partial charge in [0.15, 0.2) is 0 Å². The van der Waals surface area contributed by atoms with Gasteiger partial charge in [-0.15, -0.1) is 0 Å². The molecule has 20 heavy (non-hydrogen) atoms. The Morgan fingerprint density at radius 3 is 2.75 bits per heavy atom. The first-order valence-corrected chi connectivity index (χ1v) is 7.75. The van der Waals surface area contributed by atoms with E-state index >= 15 is 0 Å². The van der Waals surface area contributed by atoms with Crippen LogP contribution in [-0.4, -0.2) is 18.0 Å². The van der Waals surface area contributed by atoms with Gasteiger partial charge in [-0.1, -0.05) is 50.1 Å². The van der Waals surface area contributed by atoms with Gasteiger partial charge < -0.3 is 11.1 Å². The Labute approximate surface area is 121 Å². The Kier molecular flexibility index (Phi) is 5.60. The number of rotatable bonds is 4. The molecule has 0 heterocycles. The summed E-state index contributed by atoms with van der Waals surface area (Å²) < 4.78 is 0. The monoisotopic (exact) mass is 274 g/mol. The van der Waals surface area contributed by atoms with Gasteiger partial charge >= 0.3 is 0 Å². The molecule has 1 fully saturated rings. The van der Waals surface area contributed by atoms with Crippen molar-refractivity contribution < 1.29 is 4.79 Å². The van der Waals surface area contributed by atoms with Gasteiger partial charge in [0.2, 0.25) is 5.91 Å². The van der Waals surface area contributed by atoms with Gasteiger partial charge in [-0.05, 0) is 37.2 Å². The minimum absolute atomic E-state index is 0.00611. The quantitative estimate of drug-likeness (QED) is 0.829. The molecule has 3 N–H and O–H groups in total. The minimum Gasteiger partial charge on any atom is -0.352 e. The van der Waals surface area contributed by atoms with Gasteiger partial charge in [-0.3, -0.25) is 4.79 Å². The molecular formula is C17H26N2O. The molecule has 0 saturated heterocycles. The van der Waals surface area contributed by atoms with E-state index in [-0.39, 0.29) is 5.91 Å². The topological polar surface area (TPSA) is 55.1 Å². The summed E-state index contributed by atoms with van der Waals surface area (Å²) in [6.45, 7) is 2.30. The lowest BCUT2D eigenvalue weighted by Gasteiger charge is -2.19. The maximum atomic E-state index is 12.2. The first-order chi connectivity index (χ1) is 9.65. The van der Waals surface area contributed by atoms with E-state index in [0.29, 0.717) is 12.5 Å². The molecule has 3 atom stereocenters. The van der Waals surface area contributed by atoms with Crippen molar-refractivity contribution in [3.8, 4) is 0 Å². The number of nitrogens with one attached hydrogen (secondary N) is 1. The van der Waals surface area contributed by atoms with Crippen LogP contribution in [0, 0.1) is 5.92 Å². The average Bonchev–Trinajstić information content (AvgIpc) is 2.65. The smallest absolute Gasteiger partial charge is 0.237 e. The lowest BCUT2D eigenvalue weighted by Crippen LogP contribution is -2.46. The van der Waals surface area contributed by atoms with Crippen molar-refractivity contribution in [3.05, 3.63) is 35.9 Å². The molecule has 1 aliphatic rings. The van der Waals surface area contributed by atoms with Crippen molar-refractivity contribution in [2.75, 3.05) is 0 Å². The molecule has 0 bridgehead atoms. The summed E-state index contributed by atoms with van der Waals surface area (Å²) in [4.78, 5) is 12.2. The van der Waals surface area contributed by atoms with E-state index in [1.165, 1.54) is 19.3 Å². The molecule has 1 aliphatic carbocycles. The zero-order valence-corrected chi connectivity index (χ0v) is 12.3. The Morgan fingerprint density at radius 2 is 2.00 bits per heavy atom. The highest BCUT2D eigenvalue weighted by Crippen LogP contribution is 2.22. The third-order valence-corrected chi connectivity index (χ3v) is 4.24. The summed E-state index contributed by atoms with van der Waals surface area (Å²) in [7, 11) is 0. The van der Waals surface area contributed by atoms with Crippen molar-refractivity contribution >= 4 is 5.91 Å². The van der Waals surface area contributed by atoms with Crippen LogP contribution in [0.4, 0.5) is 0 Å². The zero-order chi connectivity index (χ0) is 14.4. The standard InChI is InChI=1S/C17H26N2O/c1-13-6-5-9-15(11-10-13)19-17(20)16(18)12-14-7-3-2-4-8-14/h2-4,7-8,13,15-16H,5-6,9-12,18H2,1H3,(H,19,20)/t13?,15?,16-/m0/s1. The Bertz CT molecular complexity index is 418. The summed E-state index contributed by atoms with van der Waals surface area (Å²) in [5, 5.41) is 3.14. The first kappa shape index (κ1) is 15.0. The van der Waals surface area contributed by atoms with Gasteiger partial charge in [-0.25, -0.2) is 0 Å². The van der Waals surface area contributed by atoms with E-state index in [2.05, 4.69) is 12.2 Å². The number of nitrogens with two attached hydrogens (primary N) is 1. The van der Waals surface area contributed by atoms with Crippen molar-refractivity contribution in [3.63, 3.8) is 0 Å². The minimum atomic E-state index is -0.446. The van der Waals surface area contributed by atoms with Crippen LogP contribution in [0.25, 0.3) is 0 Å². The molecule has 1 amide bonds. The van der Waals surface area contributed by atoms with E-state index in [1.807, 2.05) is 30.3 Å². The van der Waals surface area contributed by atoms with Crippen LogP contribution < -0.4 is 11.1 Å². The molecule has 0 spiro atoms. The Hall–Kier alpha value is -1.35. The zero-order valence-electron chi connectivity index (χ0n) is 12.3. The number of amides is 1. The predicted octanol–water partition coefficient (Wildman–Crippen LogP) is 2.64. The fraction of sp³-hybridized carbons (Fsp3) is 0.588. The van der Waals surface area contributed by atoms with Gasteiger partial charge in [0.05, 0.1) is 6.04 Å². The molecule has 3 heteroatoms. The number of hydrogen-bond donors (Lipinski definition) is 2. The normalized spacial score (nSPS) is 24.7. The third kappa shape index (κ3) is 4.64. The van der Waals surface area contributed by atoms with Gasteiger partial charge in [0.25, 0.3) is 0 Å². The Morgan fingerprint density at radius 1 is 1.25 bits per heavy atom. The van der Waals surface area contributed by atoms with Gasteiger partial charge in [0.1, 0.15) is 0 Å². The molecule has 0 radical (unpaired) electrons. The highest BCUT2D eigenvalue weighted by atomic mass is 16.2. The fourth-order valence-corrected chi connectivity index (χ4v) is 2.90. The van der Waals surface area contributed by atoms with Crippen molar-refractivity contribution in [2.45, 2.75) is 57.5 Å². The number of hydrogen-bond acceptors (Lipinski definition) is 2. The van der Waals surface area contributed by atoms with Crippen molar-refractivity contribution in [2.24, 2.45) is 11.7 Å². The molecule has 1 aromatic carbocycles. The summed E-state index contributed by atoms with van der Waals surface area (Å²) in [6, 6.07) is 9.83. The maximum Gasteiger partial charge on any atom is 0.237 e. The number of carbonyl (C=O) groups is 1.